The lowest BCUT2D eigenvalue weighted by atomic mass is 10.1. The molecule has 126 valence electrons. The van der Waals surface area contributed by atoms with Crippen LogP contribution in [0.15, 0.2) is 48.8 Å². The van der Waals surface area contributed by atoms with Gasteiger partial charge < -0.3 is 14.6 Å². The average Bonchev–Trinajstić information content (AvgIpc) is 3.05. The Morgan fingerprint density at radius 2 is 1.96 bits per heavy atom. The largest absolute Gasteiger partial charge is 0.477 e. The van der Waals surface area contributed by atoms with E-state index >= 15 is 0 Å². The molecule has 0 atom stereocenters. The maximum Gasteiger partial charge on any atom is 0.354 e. The van der Waals surface area contributed by atoms with Gasteiger partial charge in [0.15, 0.2) is 5.69 Å². The number of carboxylic acid groups (broad SMARTS) is 1. The molecule has 0 radical (unpaired) electrons. The van der Waals surface area contributed by atoms with Gasteiger partial charge >= 0.3 is 5.97 Å². The second kappa shape index (κ2) is 6.05. The number of carboxylic acids is 1. The quantitative estimate of drug-likeness (QED) is 0.797. The molecule has 0 saturated heterocycles. The maximum atomic E-state index is 11.1. The van der Waals surface area contributed by atoms with E-state index in [1.807, 2.05) is 12.4 Å². The normalized spacial score (nSPS) is 13.6. The first-order valence-corrected chi connectivity index (χ1v) is 8.19. The summed E-state index contributed by atoms with van der Waals surface area (Å²) in [6.45, 7) is 3.48. The summed E-state index contributed by atoms with van der Waals surface area (Å²) in [6.07, 6.45) is 2.70. The van der Waals surface area contributed by atoms with Crippen molar-refractivity contribution in [2.45, 2.75) is 19.9 Å². The van der Waals surface area contributed by atoms with E-state index in [4.69, 9.17) is 5.11 Å². The zero-order valence-electron chi connectivity index (χ0n) is 13.9. The van der Waals surface area contributed by atoms with Crippen LogP contribution < -0.4 is 4.90 Å². The molecular weight excluding hydrogens is 316 g/mol. The van der Waals surface area contributed by atoms with E-state index in [-0.39, 0.29) is 5.69 Å². The highest BCUT2D eigenvalue weighted by Gasteiger charge is 2.23. The van der Waals surface area contributed by atoms with Crippen molar-refractivity contribution in [2.24, 2.45) is 0 Å². The van der Waals surface area contributed by atoms with E-state index in [0.29, 0.717) is 12.4 Å². The highest BCUT2D eigenvalue weighted by Crippen LogP contribution is 2.25. The summed E-state index contributed by atoms with van der Waals surface area (Å²) in [7, 11) is 0. The van der Waals surface area contributed by atoms with Crippen molar-refractivity contribution < 1.29 is 9.90 Å². The van der Waals surface area contributed by atoms with Crippen molar-refractivity contribution in [1.82, 2.24) is 14.5 Å². The van der Waals surface area contributed by atoms with E-state index < -0.39 is 5.97 Å². The third kappa shape index (κ3) is 2.87. The second-order valence-corrected chi connectivity index (χ2v) is 6.20. The molecule has 1 N–H and O–H groups in total. The van der Waals surface area contributed by atoms with E-state index in [1.54, 1.807) is 6.07 Å². The predicted molar refractivity (Wildman–Crippen MR) is 94.3 cm³/mol. The Balaban J connectivity index is 1.62. The Kier molecular flexibility index (Phi) is 3.72. The van der Waals surface area contributed by atoms with Crippen LogP contribution in [0.3, 0.4) is 0 Å². The monoisotopic (exact) mass is 334 g/mol. The second-order valence-electron chi connectivity index (χ2n) is 6.20. The van der Waals surface area contributed by atoms with Gasteiger partial charge in [0.1, 0.15) is 5.82 Å². The molecule has 3 heterocycles. The van der Waals surface area contributed by atoms with E-state index in [1.165, 1.54) is 17.3 Å². The summed E-state index contributed by atoms with van der Waals surface area (Å²) in [5.41, 5.74) is 4.62. The molecule has 0 fully saturated rings. The van der Waals surface area contributed by atoms with Gasteiger partial charge in [-0.05, 0) is 31.2 Å². The summed E-state index contributed by atoms with van der Waals surface area (Å²) in [5, 5.41) is 9.12. The number of imidazole rings is 1. The van der Waals surface area contributed by atoms with Crippen molar-refractivity contribution in [2.75, 3.05) is 11.4 Å². The number of hydrogen-bond donors (Lipinski definition) is 1. The van der Waals surface area contributed by atoms with E-state index in [9.17, 15) is 4.79 Å². The van der Waals surface area contributed by atoms with Crippen LogP contribution in [0.5, 0.6) is 0 Å². The van der Waals surface area contributed by atoms with Crippen molar-refractivity contribution in [3.63, 3.8) is 0 Å². The fourth-order valence-corrected chi connectivity index (χ4v) is 3.15. The first-order chi connectivity index (χ1) is 12.1. The Hall–Kier alpha value is -3.15. The van der Waals surface area contributed by atoms with Crippen LogP contribution in [0.2, 0.25) is 0 Å². The third-order valence-electron chi connectivity index (χ3n) is 4.50. The van der Waals surface area contributed by atoms with Gasteiger partial charge in [-0.2, -0.15) is 0 Å². The van der Waals surface area contributed by atoms with E-state index in [0.717, 1.165) is 24.3 Å². The standard InChI is InChI=1S/C19H18N4O2/c1-13-5-7-14(8-6-13)23-12-20-16-11-22(10-9-17(16)23)18-4-2-3-15(21-18)19(24)25/h2-8,12H,9-11H2,1H3,(H,24,25). The molecule has 4 rings (SSSR count). The minimum absolute atomic E-state index is 0.0634. The number of nitrogens with zero attached hydrogens (tertiary/aromatic N) is 4. The summed E-state index contributed by atoms with van der Waals surface area (Å²) in [6, 6.07) is 13.5. The maximum absolute atomic E-state index is 11.1. The molecule has 0 unspecified atom stereocenters. The number of fused-ring (bicyclic) bond motifs is 1. The zero-order valence-corrected chi connectivity index (χ0v) is 13.9. The lowest BCUT2D eigenvalue weighted by molar-refractivity contribution is 0.0690. The summed E-state index contributed by atoms with van der Waals surface area (Å²) in [5.74, 6) is -0.335. The van der Waals surface area contributed by atoms with Gasteiger partial charge in [0.05, 0.1) is 18.6 Å². The molecule has 0 amide bonds. The molecule has 6 heteroatoms. The summed E-state index contributed by atoms with van der Waals surface area (Å²) >= 11 is 0. The number of aromatic carboxylic acids is 1. The topological polar surface area (TPSA) is 71.2 Å². The third-order valence-corrected chi connectivity index (χ3v) is 4.50. The van der Waals surface area contributed by atoms with E-state index in [2.05, 4.69) is 50.6 Å². The molecule has 2 aromatic heterocycles. The fraction of sp³-hybridized carbons (Fsp3) is 0.211. The van der Waals surface area contributed by atoms with Gasteiger partial charge in [-0.1, -0.05) is 23.8 Å². The number of anilines is 1. The molecule has 1 aromatic carbocycles. The summed E-state index contributed by atoms with van der Waals surface area (Å²) in [4.78, 5) is 22.0. The Labute approximate surface area is 145 Å². The van der Waals surface area contributed by atoms with Crippen molar-refractivity contribution in [1.29, 1.82) is 0 Å². The molecule has 6 nitrogen and oxygen atoms in total. The first-order valence-electron chi connectivity index (χ1n) is 8.19. The predicted octanol–water partition coefficient (Wildman–Crippen LogP) is 2.84. The molecule has 0 spiro atoms. The van der Waals surface area contributed by atoms with Crippen molar-refractivity contribution in [3.8, 4) is 5.69 Å². The minimum atomic E-state index is -1.01. The SMILES string of the molecule is Cc1ccc(-n2cnc3c2CCN(c2cccc(C(=O)O)n2)C3)cc1. The van der Waals surface area contributed by atoms with Gasteiger partial charge in [-0.15, -0.1) is 0 Å². The van der Waals surface area contributed by atoms with Gasteiger partial charge in [-0.25, -0.2) is 14.8 Å². The number of rotatable bonds is 3. The first kappa shape index (κ1) is 15.4. The molecule has 1 aliphatic rings. The van der Waals surface area contributed by atoms with Gasteiger partial charge in [0, 0.05) is 24.3 Å². The van der Waals surface area contributed by atoms with Crippen LogP contribution in [-0.4, -0.2) is 32.2 Å². The van der Waals surface area contributed by atoms with Crippen LogP contribution in [0.25, 0.3) is 5.69 Å². The molecule has 0 aliphatic carbocycles. The van der Waals surface area contributed by atoms with Crippen LogP contribution in [0.1, 0.15) is 27.4 Å². The summed E-state index contributed by atoms with van der Waals surface area (Å²) < 4.78 is 2.13. The molecule has 25 heavy (non-hydrogen) atoms. The lowest BCUT2D eigenvalue weighted by Crippen LogP contribution is -2.32. The fourth-order valence-electron chi connectivity index (χ4n) is 3.15. The highest BCUT2D eigenvalue weighted by atomic mass is 16.4. The van der Waals surface area contributed by atoms with Crippen molar-refractivity contribution >= 4 is 11.8 Å². The molecule has 3 aromatic rings. The van der Waals surface area contributed by atoms with Crippen LogP contribution in [-0.2, 0) is 13.0 Å². The van der Waals surface area contributed by atoms with Crippen LogP contribution in [0.4, 0.5) is 5.82 Å². The number of benzene rings is 1. The molecule has 0 saturated carbocycles. The Morgan fingerprint density at radius 1 is 1.16 bits per heavy atom. The smallest absolute Gasteiger partial charge is 0.354 e. The Morgan fingerprint density at radius 3 is 2.72 bits per heavy atom. The lowest BCUT2D eigenvalue weighted by Gasteiger charge is -2.28. The average molecular weight is 334 g/mol. The Bertz CT molecular complexity index is 931. The molecular formula is C19H18N4O2. The number of carbonyl (C=O) groups is 1. The van der Waals surface area contributed by atoms with Crippen molar-refractivity contribution in [3.05, 3.63) is 71.4 Å². The van der Waals surface area contributed by atoms with Gasteiger partial charge in [0.2, 0.25) is 0 Å². The minimum Gasteiger partial charge on any atom is -0.477 e. The number of aromatic nitrogens is 3. The molecule has 0 bridgehead atoms. The van der Waals surface area contributed by atoms with Crippen LogP contribution >= 0.6 is 0 Å². The number of aryl methyl sites for hydroxylation is 1. The van der Waals surface area contributed by atoms with Gasteiger partial charge in [-0.3, -0.25) is 0 Å². The van der Waals surface area contributed by atoms with Gasteiger partial charge in [0.25, 0.3) is 0 Å². The highest BCUT2D eigenvalue weighted by molar-refractivity contribution is 5.85. The zero-order chi connectivity index (χ0) is 17.4. The molecule has 1 aliphatic heterocycles. The van der Waals surface area contributed by atoms with Crippen LogP contribution in [0, 0.1) is 6.92 Å². The number of hydrogen-bond acceptors (Lipinski definition) is 4. The number of pyridine rings is 1.